The van der Waals surface area contributed by atoms with Crippen LogP contribution in [-0.4, -0.2) is 13.1 Å². The molecule has 5 heteroatoms. The van der Waals surface area contributed by atoms with Crippen LogP contribution in [-0.2, 0) is 0 Å². The molecule has 1 aliphatic rings. The molecule has 0 radical (unpaired) electrons. The van der Waals surface area contributed by atoms with Crippen molar-refractivity contribution < 1.29 is 0 Å². The summed E-state index contributed by atoms with van der Waals surface area (Å²) in [5, 5.41) is 0.760. The van der Waals surface area contributed by atoms with Gasteiger partial charge >= 0.3 is 0 Å². The zero-order valence-electron chi connectivity index (χ0n) is 10.2. The second-order valence-corrected chi connectivity index (χ2v) is 5.64. The molecule has 0 saturated carbocycles. The van der Waals surface area contributed by atoms with E-state index in [1.165, 1.54) is 15.5 Å². The van der Waals surface area contributed by atoms with E-state index >= 15 is 0 Å². The number of fused-ring (bicyclic) bond motifs is 2. The highest BCUT2D eigenvalue weighted by Gasteiger charge is 2.22. The van der Waals surface area contributed by atoms with Gasteiger partial charge in [0.25, 0.3) is 0 Å². The molecule has 2 N–H and O–H groups in total. The molecule has 0 bridgehead atoms. The Morgan fingerprint density at radius 1 is 1.05 bits per heavy atom. The number of rotatable bonds is 2. The van der Waals surface area contributed by atoms with Gasteiger partial charge in [0, 0.05) is 27.9 Å². The predicted octanol–water partition coefficient (Wildman–Crippen LogP) is 4.32. The van der Waals surface area contributed by atoms with Gasteiger partial charge in [-0.3, -0.25) is 0 Å². The Hall–Kier alpha value is -0.870. The Kier molecular flexibility index (Phi) is 4.63. The Morgan fingerprint density at radius 2 is 1.79 bits per heavy atom. The molecule has 0 fully saturated rings. The molecular formula is C14H14Cl2N2S. The first-order valence-corrected chi connectivity index (χ1v) is 7.03. The van der Waals surface area contributed by atoms with E-state index in [4.69, 9.17) is 17.3 Å². The molecule has 0 saturated heterocycles. The van der Waals surface area contributed by atoms with E-state index in [-0.39, 0.29) is 12.4 Å². The van der Waals surface area contributed by atoms with Gasteiger partial charge in [-0.25, -0.2) is 0 Å². The van der Waals surface area contributed by atoms with Crippen LogP contribution in [0.4, 0.5) is 11.4 Å². The molecule has 0 unspecified atom stereocenters. The van der Waals surface area contributed by atoms with Gasteiger partial charge < -0.3 is 10.6 Å². The maximum absolute atomic E-state index is 6.10. The van der Waals surface area contributed by atoms with Crippen molar-refractivity contribution in [1.82, 2.24) is 0 Å². The first-order chi connectivity index (χ1) is 8.79. The molecule has 0 aromatic heterocycles. The lowest BCUT2D eigenvalue weighted by Crippen LogP contribution is -2.27. The average Bonchev–Trinajstić information content (AvgIpc) is 2.39. The van der Waals surface area contributed by atoms with Crippen molar-refractivity contribution in [3.8, 4) is 0 Å². The topological polar surface area (TPSA) is 29.3 Å². The number of hydrogen-bond acceptors (Lipinski definition) is 3. The third kappa shape index (κ3) is 2.70. The van der Waals surface area contributed by atoms with Gasteiger partial charge in [-0.05, 0) is 30.3 Å². The van der Waals surface area contributed by atoms with Crippen LogP contribution < -0.4 is 10.6 Å². The lowest BCUT2D eigenvalue weighted by atomic mass is 10.2. The van der Waals surface area contributed by atoms with Crippen LogP contribution in [0.15, 0.2) is 52.3 Å². The molecule has 0 amide bonds. The fourth-order valence-electron chi connectivity index (χ4n) is 2.17. The van der Waals surface area contributed by atoms with Gasteiger partial charge in [0.2, 0.25) is 0 Å². The lowest BCUT2D eigenvalue weighted by molar-refractivity contribution is 0.899. The number of hydrogen-bond donors (Lipinski definition) is 1. The van der Waals surface area contributed by atoms with E-state index in [2.05, 4.69) is 35.2 Å². The van der Waals surface area contributed by atoms with Crippen LogP contribution in [0.3, 0.4) is 0 Å². The average molecular weight is 313 g/mol. The lowest BCUT2D eigenvalue weighted by Gasteiger charge is -2.32. The van der Waals surface area contributed by atoms with Gasteiger partial charge in [0.05, 0.1) is 11.4 Å². The molecule has 19 heavy (non-hydrogen) atoms. The van der Waals surface area contributed by atoms with Crippen molar-refractivity contribution in [2.24, 2.45) is 5.73 Å². The quantitative estimate of drug-likeness (QED) is 0.895. The van der Waals surface area contributed by atoms with Crippen molar-refractivity contribution in [3.05, 3.63) is 47.5 Å². The Balaban J connectivity index is 0.00000133. The second kappa shape index (κ2) is 6.06. The van der Waals surface area contributed by atoms with Gasteiger partial charge in [-0.1, -0.05) is 35.5 Å². The minimum Gasteiger partial charge on any atom is -0.338 e. The highest BCUT2D eigenvalue weighted by Crippen LogP contribution is 2.48. The van der Waals surface area contributed by atoms with Crippen molar-refractivity contribution in [2.75, 3.05) is 18.0 Å². The minimum absolute atomic E-state index is 0. The highest BCUT2D eigenvalue weighted by atomic mass is 35.5. The Bertz CT molecular complexity index is 589. The summed E-state index contributed by atoms with van der Waals surface area (Å²) in [6, 6.07) is 14.4. The molecule has 0 atom stereocenters. The first-order valence-electron chi connectivity index (χ1n) is 5.83. The van der Waals surface area contributed by atoms with E-state index in [0.717, 1.165) is 17.3 Å². The number of halogens is 2. The third-order valence-electron chi connectivity index (χ3n) is 2.94. The Morgan fingerprint density at radius 3 is 2.58 bits per heavy atom. The zero-order valence-corrected chi connectivity index (χ0v) is 12.6. The smallest absolute Gasteiger partial charge is 0.0568 e. The monoisotopic (exact) mass is 312 g/mol. The number of nitrogens with two attached hydrogens (primary N) is 1. The van der Waals surface area contributed by atoms with Crippen LogP contribution in [0.5, 0.6) is 0 Å². The maximum Gasteiger partial charge on any atom is 0.0568 e. The Labute approximate surface area is 128 Å². The summed E-state index contributed by atoms with van der Waals surface area (Å²) in [4.78, 5) is 4.74. The van der Waals surface area contributed by atoms with Crippen molar-refractivity contribution in [2.45, 2.75) is 9.79 Å². The van der Waals surface area contributed by atoms with Gasteiger partial charge in [0.15, 0.2) is 0 Å². The molecular weight excluding hydrogens is 299 g/mol. The van der Waals surface area contributed by atoms with E-state index in [1.807, 2.05) is 12.1 Å². The second-order valence-electron chi connectivity index (χ2n) is 4.12. The molecule has 2 aromatic rings. The van der Waals surface area contributed by atoms with E-state index in [1.54, 1.807) is 11.8 Å². The van der Waals surface area contributed by atoms with Crippen molar-refractivity contribution in [1.29, 1.82) is 0 Å². The summed E-state index contributed by atoms with van der Waals surface area (Å²) in [7, 11) is 0. The summed E-state index contributed by atoms with van der Waals surface area (Å²) >= 11 is 7.88. The van der Waals surface area contributed by atoms with Crippen molar-refractivity contribution in [3.63, 3.8) is 0 Å². The van der Waals surface area contributed by atoms with E-state index < -0.39 is 0 Å². The molecule has 1 heterocycles. The van der Waals surface area contributed by atoms with Crippen molar-refractivity contribution >= 4 is 47.1 Å². The summed E-state index contributed by atoms with van der Waals surface area (Å²) in [5.74, 6) is 0. The summed E-state index contributed by atoms with van der Waals surface area (Å²) in [6.07, 6.45) is 0. The first kappa shape index (κ1) is 14.5. The molecule has 1 aliphatic heterocycles. The largest absolute Gasteiger partial charge is 0.338 e. The minimum atomic E-state index is 0. The normalized spacial score (nSPS) is 12.4. The fraction of sp³-hybridized carbons (Fsp3) is 0.143. The number of para-hydroxylation sites is 1. The van der Waals surface area contributed by atoms with Crippen LogP contribution in [0.25, 0.3) is 0 Å². The maximum atomic E-state index is 6.10. The molecule has 0 spiro atoms. The third-order valence-corrected chi connectivity index (χ3v) is 4.31. The summed E-state index contributed by atoms with van der Waals surface area (Å²) in [6.45, 7) is 1.41. The van der Waals surface area contributed by atoms with Gasteiger partial charge in [-0.2, -0.15) is 0 Å². The van der Waals surface area contributed by atoms with Crippen LogP contribution in [0.2, 0.25) is 5.02 Å². The fourth-order valence-corrected chi connectivity index (χ4v) is 3.41. The molecule has 100 valence electrons. The number of anilines is 2. The van der Waals surface area contributed by atoms with Crippen LogP contribution >= 0.6 is 35.8 Å². The van der Waals surface area contributed by atoms with Gasteiger partial charge in [0.1, 0.15) is 0 Å². The molecule has 2 aromatic carbocycles. The van der Waals surface area contributed by atoms with Crippen LogP contribution in [0, 0.1) is 0 Å². The predicted molar refractivity (Wildman–Crippen MR) is 85.3 cm³/mol. The SMILES string of the molecule is Cl.NCCN1c2ccccc2Sc2ccc(Cl)cc21. The van der Waals surface area contributed by atoms with Crippen LogP contribution in [0.1, 0.15) is 0 Å². The molecule has 0 aliphatic carbocycles. The molecule has 3 rings (SSSR count). The number of nitrogens with zero attached hydrogens (tertiary/aromatic N) is 1. The summed E-state index contributed by atoms with van der Waals surface area (Å²) in [5.41, 5.74) is 8.09. The standard InChI is InChI=1S/C14H13ClN2S.ClH/c15-10-5-6-14-12(9-10)17(8-7-16)11-3-1-2-4-13(11)18-14;/h1-6,9H,7-8,16H2;1H. The van der Waals surface area contributed by atoms with E-state index in [9.17, 15) is 0 Å². The highest BCUT2D eigenvalue weighted by molar-refractivity contribution is 7.99. The number of benzene rings is 2. The summed E-state index contributed by atoms with van der Waals surface area (Å²) < 4.78 is 0. The van der Waals surface area contributed by atoms with Gasteiger partial charge in [-0.15, -0.1) is 12.4 Å². The molecule has 2 nitrogen and oxygen atoms in total. The van der Waals surface area contributed by atoms with E-state index in [0.29, 0.717) is 6.54 Å². The zero-order chi connectivity index (χ0) is 12.5.